The van der Waals surface area contributed by atoms with Crippen molar-refractivity contribution in [1.82, 2.24) is 4.57 Å². The molecule has 0 saturated heterocycles. The standard InChI is InChI=1S/C75H56N2/c1-51-38-40-53(41-39-51)55-43-47-71-67(49-55)75(58-28-13-5-14-29-58,59-30-15-6-16-31-59)66-48-54(52-22-7-2-8-23-52)42-46-70(66)76(71)60-44-45-63-65(50-60)74(56-24-9-3-10-25-56,57-26-11-4-12-27-57)64-34-21-37-72(73(63)64)77-68-35-19-17-32-61(68)62-33-18-20-36-69(62)77/h2-38,40-42,44-46,48-51H,39,43,47H2,1H3. The van der Waals surface area contributed by atoms with E-state index in [1.807, 2.05) is 0 Å². The number of hydrogen-bond acceptors (Lipinski definition) is 1. The van der Waals surface area contributed by atoms with Crippen molar-refractivity contribution in [1.29, 1.82) is 0 Å². The van der Waals surface area contributed by atoms with Gasteiger partial charge in [-0.15, -0.1) is 0 Å². The lowest BCUT2D eigenvalue weighted by Gasteiger charge is -2.49. The number of rotatable bonds is 8. The van der Waals surface area contributed by atoms with Crippen LogP contribution in [-0.2, 0) is 10.8 Å². The fourth-order valence-corrected chi connectivity index (χ4v) is 14.1. The molecule has 0 bridgehead atoms. The summed E-state index contributed by atoms with van der Waals surface area (Å²) in [6, 6.07) is 95.9. The van der Waals surface area contributed by atoms with E-state index in [2.05, 4.69) is 295 Å². The molecule has 2 heterocycles. The zero-order valence-electron chi connectivity index (χ0n) is 43.2. The van der Waals surface area contributed by atoms with Crippen molar-refractivity contribution in [2.24, 2.45) is 5.92 Å². The summed E-state index contributed by atoms with van der Waals surface area (Å²) in [6.07, 6.45) is 12.7. The Balaban J connectivity index is 1.06. The van der Waals surface area contributed by atoms with Crippen molar-refractivity contribution in [3.8, 4) is 27.9 Å². The zero-order chi connectivity index (χ0) is 51.1. The van der Waals surface area contributed by atoms with Crippen LogP contribution in [0.5, 0.6) is 0 Å². The van der Waals surface area contributed by atoms with E-state index in [0.29, 0.717) is 5.92 Å². The number of fused-ring (bicyclic) bond motifs is 7. The number of allylic oxidation sites excluding steroid dienone is 8. The van der Waals surface area contributed by atoms with Crippen LogP contribution in [0.15, 0.2) is 302 Å². The highest BCUT2D eigenvalue weighted by atomic mass is 15.2. The maximum atomic E-state index is 2.67. The van der Waals surface area contributed by atoms with Gasteiger partial charge in [0, 0.05) is 27.7 Å². The molecule has 0 N–H and O–H groups in total. The topological polar surface area (TPSA) is 8.17 Å². The summed E-state index contributed by atoms with van der Waals surface area (Å²) in [5.41, 5.74) is 23.8. The summed E-state index contributed by atoms with van der Waals surface area (Å²) in [7, 11) is 0. The normalized spacial score (nSPS) is 16.8. The molecule has 77 heavy (non-hydrogen) atoms. The van der Waals surface area contributed by atoms with Crippen molar-refractivity contribution >= 4 is 33.2 Å². The minimum Gasteiger partial charge on any atom is -0.314 e. The van der Waals surface area contributed by atoms with E-state index in [4.69, 9.17) is 0 Å². The number of nitrogens with zero attached hydrogens (tertiary/aromatic N) is 2. The molecule has 4 aliphatic rings. The van der Waals surface area contributed by atoms with E-state index in [-0.39, 0.29) is 0 Å². The first-order valence-corrected chi connectivity index (χ1v) is 27.4. The fraction of sp³-hybridized carbons (Fsp3) is 0.0933. The van der Waals surface area contributed by atoms with Gasteiger partial charge in [-0.05, 0) is 140 Å². The van der Waals surface area contributed by atoms with E-state index in [9.17, 15) is 0 Å². The van der Waals surface area contributed by atoms with E-state index in [1.54, 1.807) is 0 Å². The predicted octanol–water partition coefficient (Wildman–Crippen LogP) is 18.8. The van der Waals surface area contributed by atoms with E-state index < -0.39 is 10.8 Å². The van der Waals surface area contributed by atoms with Crippen molar-refractivity contribution in [2.75, 3.05) is 4.90 Å². The maximum absolute atomic E-state index is 2.67. The molecule has 0 amide bonds. The van der Waals surface area contributed by atoms with Crippen LogP contribution in [0.25, 0.3) is 49.7 Å². The van der Waals surface area contributed by atoms with Gasteiger partial charge in [0.2, 0.25) is 0 Å². The van der Waals surface area contributed by atoms with Gasteiger partial charge in [-0.25, -0.2) is 0 Å². The number of benzene rings is 10. The molecule has 0 radical (unpaired) electrons. The summed E-state index contributed by atoms with van der Waals surface area (Å²) < 4.78 is 2.52. The molecule has 366 valence electrons. The van der Waals surface area contributed by atoms with Crippen LogP contribution < -0.4 is 4.90 Å². The van der Waals surface area contributed by atoms with Gasteiger partial charge in [0.15, 0.2) is 0 Å². The summed E-state index contributed by atoms with van der Waals surface area (Å²) in [4.78, 5) is 2.67. The number of anilines is 2. The average Bonchev–Trinajstić information content (AvgIpc) is 4.09. The van der Waals surface area contributed by atoms with Gasteiger partial charge in [0.25, 0.3) is 0 Å². The van der Waals surface area contributed by atoms with Gasteiger partial charge in [-0.3, -0.25) is 0 Å². The highest BCUT2D eigenvalue weighted by molar-refractivity contribution is 6.10. The van der Waals surface area contributed by atoms with Crippen LogP contribution in [0, 0.1) is 5.92 Å². The molecule has 1 aromatic heterocycles. The molecule has 10 aromatic carbocycles. The van der Waals surface area contributed by atoms with Crippen LogP contribution in [-0.4, -0.2) is 4.57 Å². The van der Waals surface area contributed by atoms with Gasteiger partial charge in [-0.2, -0.15) is 0 Å². The van der Waals surface area contributed by atoms with Gasteiger partial charge < -0.3 is 9.47 Å². The highest BCUT2D eigenvalue weighted by Gasteiger charge is 2.51. The molecule has 11 aromatic rings. The summed E-state index contributed by atoms with van der Waals surface area (Å²) >= 11 is 0. The van der Waals surface area contributed by atoms with Crippen molar-refractivity contribution in [3.05, 3.63) is 340 Å². The quantitative estimate of drug-likeness (QED) is 0.147. The van der Waals surface area contributed by atoms with Crippen LogP contribution in [0.4, 0.5) is 11.4 Å². The van der Waals surface area contributed by atoms with E-state index in [0.717, 1.165) is 24.9 Å². The Kier molecular flexibility index (Phi) is 10.5. The Hall–Kier alpha value is -9.24. The average molecular weight is 985 g/mol. The lowest BCUT2D eigenvalue weighted by Crippen LogP contribution is -2.41. The molecule has 15 rings (SSSR count). The molecule has 1 atom stereocenters. The Morgan fingerprint density at radius 3 is 1.61 bits per heavy atom. The number of hydrogen-bond donors (Lipinski definition) is 0. The monoisotopic (exact) mass is 984 g/mol. The first kappa shape index (κ1) is 45.2. The molecule has 2 nitrogen and oxygen atoms in total. The fourth-order valence-electron chi connectivity index (χ4n) is 14.1. The van der Waals surface area contributed by atoms with Gasteiger partial charge >= 0.3 is 0 Å². The minimum atomic E-state index is -0.653. The van der Waals surface area contributed by atoms with Gasteiger partial charge in [-0.1, -0.05) is 244 Å². The van der Waals surface area contributed by atoms with Crippen molar-refractivity contribution < 1.29 is 0 Å². The molecule has 2 heteroatoms. The van der Waals surface area contributed by atoms with Crippen LogP contribution in [0.3, 0.4) is 0 Å². The number of aromatic nitrogens is 1. The Morgan fingerprint density at radius 2 is 1.01 bits per heavy atom. The zero-order valence-corrected chi connectivity index (χ0v) is 43.2. The molecule has 0 saturated carbocycles. The first-order chi connectivity index (χ1) is 38.1. The lowest BCUT2D eigenvalue weighted by molar-refractivity contribution is 0.679. The molecular formula is C75H56N2. The Labute approximate surface area is 451 Å². The second kappa shape index (κ2) is 18.0. The first-order valence-electron chi connectivity index (χ1n) is 27.4. The van der Waals surface area contributed by atoms with Gasteiger partial charge in [0.05, 0.1) is 33.2 Å². The lowest BCUT2D eigenvalue weighted by atomic mass is 9.60. The maximum Gasteiger partial charge on any atom is 0.0739 e. The molecule has 3 aliphatic carbocycles. The SMILES string of the molecule is CC1C=CC(C2=CC3=C(CC2)N(c2ccc4c(c2)C(c2ccccc2)(c2ccccc2)c2cccc(-n5c6ccccc6c6ccccc65)c2-4)c2ccc(-c4ccccc4)cc2C3(c2ccccc2)c2ccccc2)=CC1. The molecule has 1 aliphatic heterocycles. The minimum absolute atomic E-state index is 0.529. The van der Waals surface area contributed by atoms with Crippen LogP contribution in [0.1, 0.15) is 65.1 Å². The largest absolute Gasteiger partial charge is 0.314 e. The highest BCUT2D eigenvalue weighted by Crippen LogP contribution is 2.62. The molecule has 0 spiro atoms. The third-order valence-corrected chi connectivity index (χ3v) is 17.4. The Bertz CT molecular complexity index is 4100. The molecule has 1 unspecified atom stereocenters. The van der Waals surface area contributed by atoms with Crippen LogP contribution >= 0.6 is 0 Å². The smallest absolute Gasteiger partial charge is 0.0739 e. The van der Waals surface area contributed by atoms with Crippen molar-refractivity contribution in [2.45, 2.75) is 37.0 Å². The predicted molar refractivity (Wildman–Crippen MR) is 320 cm³/mol. The van der Waals surface area contributed by atoms with Crippen LogP contribution in [0.2, 0.25) is 0 Å². The Morgan fingerprint density at radius 1 is 0.442 bits per heavy atom. The third-order valence-electron chi connectivity index (χ3n) is 17.4. The molecule has 0 fully saturated rings. The molecular weight excluding hydrogens is 929 g/mol. The second-order valence-corrected chi connectivity index (χ2v) is 21.5. The van der Waals surface area contributed by atoms with Gasteiger partial charge in [0.1, 0.15) is 0 Å². The number of para-hydroxylation sites is 2. The van der Waals surface area contributed by atoms with E-state index in [1.165, 1.54) is 117 Å². The third kappa shape index (κ3) is 6.74. The second-order valence-electron chi connectivity index (χ2n) is 21.5. The summed E-state index contributed by atoms with van der Waals surface area (Å²) in [5, 5.41) is 2.51. The van der Waals surface area contributed by atoms with E-state index >= 15 is 0 Å². The summed E-state index contributed by atoms with van der Waals surface area (Å²) in [6.45, 7) is 2.32. The van der Waals surface area contributed by atoms with Crippen molar-refractivity contribution in [3.63, 3.8) is 0 Å². The summed E-state index contributed by atoms with van der Waals surface area (Å²) in [5.74, 6) is 0.529.